The summed E-state index contributed by atoms with van der Waals surface area (Å²) in [6.07, 6.45) is 6.46. The average Bonchev–Trinajstić information content (AvgIpc) is 3.26. The maximum atomic E-state index is 11.1. The van der Waals surface area contributed by atoms with E-state index in [0.29, 0.717) is 19.8 Å². The van der Waals surface area contributed by atoms with Crippen LogP contribution in [0.25, 0.3) is 0 Å². The van der Waals surface area contributed by atoms with Crippen LogP contribution in [0, 0.1) is 0 Å². The number of imidazole rings is 1. The first-order valence-electron chi connectivity index (χ1n) is 11.5. The number of hydrogen-bond acceptors (Lipinski definition) is 5. The molecule has 0 spiro atoms. The van der Waals surface area contributed by atoms with Crippen LogP contribution in [0.5, 0.6) is 11.5 Å². The molecule has 2 heterocycles. The molecule has 1 aliphatic heterocycles. The third kappa shape index (κ3) is 6.11. The summed E-state index contributed by atoms with van der Waals surface area (Å²) in [5.74, 6) is 2.75. The Bertz CT molecular complexity index is 975. The summed E-state index contributed by atoms with van der Waals surface area (Å²) in [4.78, 5) is 6.66. The number of aromatic nitrogens is 2. The van der Waals surface area contributed by atoms with Gasteiger partial charge < -0.3 is 19.1 Å². The van der Waals surface area contributed by atoms with Gasteiger partial charge in [-0.05, 0) is 49.2 Å². The fraction of sp³-hybridized carbons (Fsp3) is 0.423. The Morgan fingerprint density at radius 3 is 2.75 bits per heavy atom. The van der Waals surface area contributed by atoms with E-state index < -0.39 is 5.60 Å². The smallest absolute Gasteiger partial charge is 0.119 e. The van der Waals surface area contributed by atoms with E-state index in [1.807, 2.05) is 54.9 Å². The lowest BCUT2D eigenvalue weighted by Gasteiger charge is -2.39. The summed E-state index contributed by atoms with van der Waals surface area (Å²) in [6, 6.07) is 17.9. The SMILES string of the molecule is CCc1nccn1CCOc1cccc(CN2CCCC(O)(COc3ccccc3)C2)c1. The third-order valence-electron chi connectivity index (χ3n) is 5.91. The van der Waals surface area contributed by atoms with Gasteiger partial charge in [-0.3, -0.25) is 4.90 Å². The topological polar surface area (TPSA) is 59.8 Å². The first-order valence-corrected chi connectivity index (χ1v) is 11.5. The van der Waals surface area contributed by atoms with E-state index in [0.717, 1.165) is 56.2 Å². The molecule has 3 aromatic rings. The monoisotopic (exact) mass is 435 g/mol. The minimum absolute atomic E-state index is 0.310. The highest BCUT2D eigenvalue weighted by Crippen LogP contribution is 2.25. The molecule has 1 unspecified atom stereocenters. The zero-order chi connectivity index (χ0) is 22.2. The van der Waals surface area contributed by atoms with Gasteiger partial charge in [0.1, 0.15) is 36.1 Å². The predicted octanol–water partition coefficient (Wildman–Crippen LogP) is 3.93. The largest absolute Gasteiger partial charge is 0.492 e. The summed E-state index contributed by atoms with van der Waals surface area (Å²) in [5, 5.41) is 11.1. The van der Waals surface area contributed by atoms with Crippen LogP contribution < -0.4 is 9.47 Å². The molecule has 170 valence electrons. The Kier molecular flexibility index (Phi) is 7.45. The van der Waals surface area contributed by atoms with Crippen LogP contribution >= 0.6 is 0 Å². The van der Waals surface area contributed by atoms with Crippen molar-refractivity contribution < 1.29 is 14.6 Å². The molecule has 1 aromatic heterocycles. The van der Waals surface area contributed by atoms with Gasteiger partial charge in [0, 0.05) is 31.9 Å². The highest BCUT2D eigenvalue weighted by molar-refractivity contribution is 5.28. The Morgan fingerprint density at radius 2 is 1.91 bits per heavy atom. The number of hydrogen-bond donors (Lipinski definition) is 1. The van der Waals surface area contributed by atoms with E-state index in [2.05, 4.69) is 33.5 Å². The van der Waals surface area contributed by atoms with Gasteiger partial charge in [-0.25, -0.2) is 4.98 Å². The minimum Gasteiger partial charge on any atom is -0.492 e. The molecular weight excluding hydrogens is 402 g/mol. The fourth-order valence-electron chi connectivity index (χ4n) is 4.30. The molecule has 1 atom stereocenters. The Hall–Kier alpha value is -2.83. The van der Waals surface area contributed by atoms with Gasteiger partial charge >= 0.3 is 0 Å². The van der Waals surface area contributed by atoms with Crippen LogP contribution in [-0.2, 0) is 19.5 Å². The van der Waals surface area contributed by atoms with E-state index in [1.54, 1.807) is 0 Å². The van der Waals surface area contributed by atoms with Crippen molar-refractivity contribution in [2.24, 2.45) is 0 Å². The van der Waals surface area contributed by atoms with Crippen molar-refractivity contribution >= 4 is 0 Å². The maximum Gasteiger partial charge on any atom is 0.119 e. The second kappa shape index (κ2) is 10.7. The molecule has 1 fully saturated rings. The Morgan fingerprint density at radius 1 is 1.06 bits per heavy atom. The zero-order valence-corrected chi connectivity index (χ0v) is 18.8. The molecule has 0 radical (unpaired) electrons. The first kappa shape index (κ1) is 22.4. The number of β-amino-alcohol motifs (C(OH)–C–C–N with tert-alkyl or cyclic N) is 1. The molecular formula is C26H33N3O3. The summed E-state index contributed by atoms with van der Waals surface area (Å²) in [7, 11) is 0. The third-order valence-corrected chi connectivity index (χ3v) is 5.91. The molecule has 0 bridgehead atoms. The van der Waals surface area contributed by atoms with E-state index in [9.17, 15) is 5.11 Å². The second-order valence-corrected chi connectivity index (χ2v) is 8.53. The Balaban J connectivity index is 1.28. The van der Waals surface area contributed by atoms with E-state index in [1.165, 1.54) is 5.56 Å². The van der Waals surface area contributed by atoms with Gasteiger partial charge in [0.2, 0.25) is 0 Å². The summed E-state index contributed by atoms with van der Waals surface area (Å²) in [6.45, 7) is 6.17. The first-order chi connectivity index (χ1) is 15.6. The maximum absolute atomic E-state index is 11.1. The van der Waals surface area contributed by atoms with Crippen molar-refractivity contribution in [1.82, 2.24) is 14.5 Å². The molecule has 32 heavy (non-hydrogen) atoms. The standard InChI is InChI=1S/C26H33N3O3/c1-2-25-27-13-15-29(25)16-17-31-24-11-6-8-22(18-24)19-28-14-7-12-26(30,20-28)21-32-23-9-4-3-5-10-23/h3-6,8-11,13,15,18,30H,2,7,12,14,16-17,19-21H2,1H3. The number of rotatable bonds is 10. The van der Waals surface area contributed by atoms with Gasteiger partial charge in [0.25, 0.3) is 0 Å². The van der Waals surface area contributed by atoms with Gasteiger partial charge in [0.15, 0.2) is 0 Å². The number of benzene rings is 2. The lowest BCUT2D eigenvalue weighted by atomic mass is 9.93. The van der Waals surface area contributed by atoms with Crippen molar-refractivity contribution in [3.8, 4) is 11.5 Å². The van der Waals surface area contributed by atoms with Crippen molar-refractivity contribution in [3.05, 3.63) is 78.4 Å². The summed E-state index contributed by atoms with van der Waals surface area (Å²) < 4.78 is 14.0. The van der Waals surface area contributed by atoms with Crippen LogP contribution in [0.15, 0.2) is 67.0 Å². The minimum atomic E-state index is -0.829. The molecule has 1 aliphatic rings. The second-order valence-electron chi connectivity index (χ2n) is 8.53. The normalized spacial score (nSPS) is 19.1. The molecule has 2 aromatic carbocycles. The number of nitrogens with zero attached hydrogens (tertiary/aromatic N) is 3. The van der Waals surface area contributed by atoms with Gasteiger partial charge in [0.05, 0.1) is 6.54 Å². The van der Waals surface area contributed by atoms with E-state index in [4.69, 9.17) is 9.47 Å². The quantitative estimate of drug-likeness (QED) is 0.523. The van der Waals surface area contributed by atoms with Gasteiger partial charge in [-0.15, -0.1) is 0 Å². The molecule has 0 amide bonds. The van der Waals surface area contributed by atoms with E-state index in [-0.39, 0.29) is 0 Å². The number of likely N-dealkylation sites (tertiary alicyclic amines) is 1. The predicted molar refractivity (Wildman–Crippen MR) is 125 cm³/mol. The molecule has 1 saturated heterocycles. The fourth-order valence-corrected chi connectivity index (χ4v) is 4.30. The molecule has 4 rings (SSSR count). The summed E-state index contributed by atoms with van der Waals surface area (Å²) in [5.41, 5.74) is 0.358. The number of piperidine rings is 1. The Labute approximate surface area is 190 Å². The van der Waals surface area contributed by atoms with Crippen molar-refractivity contribution in [2.75, 3.05) is 26.3 Å². The highest BCUT2D eigenvalue weighted by Gasteiger charge is 2.34. The van der Waals surface area contributed by atoms with Gasteiger partial charge in [-0.1, -0.05) is 37.3 Å². The highest BCUT2D eigenvalue weighted by atomic mass is 16.5. The molecule has 6 nitrogen and oxygen atoms in total. The molecule has 1 N–H and O–H groups in total. The van der Waals surface area contributed by atoms with Gasteiger partial charge in [-0.2, -0.15) is 0 Å². The lowest BCUT2D eigenvalue weighted by molar-refractivity contribution is -0.0621. The number of aliphatic hydroxyl groups is 1. The molecule has 0 aliphatic carbocycles. The van der Waals surface area contributed by atoms with Crippen LogP contribution in [0.4, 0.5) is 0 Å². The van der Waals surface area contributed by atoms with Crippen LogP contribution in [-0.4, -0.2) is 51.5 Å². The van der Waals surface area contributed by atoms with Crippen molar-refractivity contribution in [3.63, 3.8) is 0 Å². The summed E-state index contributed by atoms with van der Waals surface area (Å²) >= 11 is 0. The molecule has 0 saturated carbocycles. The number of para-hydroxylation sites is 1. The van der Waals surface area contributed by atoms with E-state index >= 15 is 0 Å². The zero-order valence-electron chi connectivity index (χ0n) is 18.8. The van der Waals surface area contributed by atoms with Crippen LogP contribution in [0.3, 0.4) is 0 Å². The van der Waals surface area contributed by atoms with Crippen LogP contribution in [0.1, 0.15) is 31.2 Å². The lowest BCUT2D eigenvalue weighted by Crippen LogP contribution is -2.51. The number of aryl methyl sites for hydroxylation is 1. The van der Waals surface area contributed by atoms with Crippen molar-refractivity contribution in [1.29, 1.82) is 0 Å². The number of ether oxygens (including phenoxy) is 2. The molecule has 6 heteroatoms. The van der Waals surface area contributed by atoms with Crippen LogP contribution in [0.2, 0.25) is 0 Å². The average molecular weight is 436 g/mol. The van der Waals surface area contributed by atoms with Crippen molar-refractivity contribution in [2.45, 2.75) is 44.9 Å².